The highest BCUT2D eigenvalue weighted by Gasteiger charge is 2.04. The van der Waals surface area contributed by atoms with Crippen LogP contribution in [0, 0.1) is 0 Å². The van der Waals surface area contributed by atoms with E-state index in [-0.39, 0.29) is 0 Å². The van der Waals surface area contributed by atoms with Gasteiger partial charge in [0.15, 0.2) is 0 Å². The van der Waals surface area contributed by atoms with Crippen LogP contribution in [0.25, 0.3) is 10.8 Å². The summed E-state index contributed by atoms with van der Waals surface area (Å²) in [6.45, 7) is 0. The number of hydrogen-bond donors (Lipinski definition) is 2. The molecule has 2 aromatic carbocycles. The van der Waals surface area contributed by atoms with Crippen LogP contribution in [0.2, 0.25) is 5.02 Å². The molecule has 0 bridgehead atoms. The lowest BCUT2D eigenvalue weighted by Crippen LogP contribution is -1.92. The number of nitrogen functional groups attached to an aromatic ring is 2. The first-order chi connectivity index (χ1) is 6.20. The normalized spacial score (nSPS) is 10.5. The van der Waals surface area contributed by atoms with Gasteiger partial charge >= 0.3 is 0 Å². The van der Waals surface area contributed by atoms with E-state index >= 15 is 0 Å². The summed E-state index contributed by atoms with van der Waals surface area (Å²) in [5.41, 5.74) is 12.9. The Bertz CT molecular complexity index is 457. The second kappa shape index (κ2) is 2.82. The third-order valence-electron chi connectivity index (χ3n) is 2.06. The van der Waals surface area contributed by atoms with Crippen LogP contribution in [0.1, 0.15) is 0 Å². The van der Waals surface area contributed by atoms with E-state index in [1.807, 2.05) is 12.1 Å². The van der Waals surface area contributed by atoms with Crippen molar-refractivity contribution in [2.24, 2.45) is 0 Å². The second-order valence-corrected chi connectivity index (χ2v) is 3.31. The Morgan fingerprint density at radius 1 is 0.923 bits per heavy atom. The lowest BCUT2D eigenvalue weighted by atomic mass is 10.1. The molecule has 2 aromatic rings. The van der Waals surface area contributed by atoms with Crippen LogP contribution in [0.15, 0.2) is 30.3 Å². The van der Waals surface area contributed by atoms with Crippen molar-refractivity contribution in [2.75, 3.05) is 11.5 Å². The first-order valence-corrected chi connectivity index (χ1v) is 4.30. The monoisotopic (exact) mass is 192 g/mol. The molecular weight excluding hydrogens is 184 g/mol. The molecule has 0 aliphatic rings. The summed E-state index contributed by atoms with van der Waals surface area (Å²) in [5, 5.41) is 2.39. The van der Waals surface area contributed by atoms with Gasteiger partial charge in [-0.05, 0) is 18.2 Å². The molecule has 3 heteroatoms. The van der Waals surface area contributed by atoms with Gasteiger partial charge < -0.3 is 11.5 Å². The topological polar surface area (TPSA) is 52.0 Å². The summed E-state index contributed by atoms with van der Waals surface area (Å²) in [6, 6.07) is 9.13. The van der Waals surface area contributed by atoms with E-state index < -0.39 is 0 Å². The minimum absolute atomic E-state index is 0.641. The van der Waals surface area contributed by atoms with E-state index in [1.54, 1.807) is 18.2 Å². The molecule has 0 fully saturated rings. The zero-order chi connectivity index (χ0) is 9.42. The molecule has 0 spiro atoms. The average Bonchev–Trinajstić information content (AvgIpc) is 2.12. The minimum atomic E-state index is 0.641. The average molecular weight is 193 g/mol. The van der Waals surface area contributed by atoms with Gasteiger partial charge in [-0.3, -0.25) is 0 Å². The largest absolute Gasteiger partial charge is 0.398 e. The molecular formula is C10H9ClN2. The zero-order valence-corrected chi connectivity index (χ0v) is 7.68. The van der Waals surface area contributed by atoms with Gasteiger partial charge in [0, 0.05) is 22.1 Å². The number of fused-ring (bicyclic) bond motifs is 1. The van der Waals surface area contributed by atoms with E-state index in [4.69, 9.17) is 23.1 Å². The highest BCUT2D eigenvalue weighted by molar-refractivity contribution is 6.37. The van der Waals surface area contributed by atoms with Crippen molar-refractivity contribution in [1.29, 1.82) is 0 Å². The van der Waals surface area contributed by atoms with E-state index in [0.717, 1.165) is 10.8 Å². The standard InChI is InChI=1S/C10H9ClN2/c11-7-3-1-2-6-8(12)4-5-9(13)10(6)7/h1-5H,12-13H2. The summed E-state index contributed by atoms with van der Waals surface area (Å²) < 4.78 is 0. The van der Waals surface area contributed by atoms with Crippen LogP contribution < -0.4 is 11.5 Å². The number of nitrogens with two attached hydrogens (primary N) is 2. The Balaban J connectivity index is 3.00. The summed E-state index contributed by atoms with van der Waals surface area (Å²) in [4.78, 5) is 0. The van der Waals surface area contributed by atoms with Gasteiger partial charge in [-0.2, -0.15) is 0 Å². The number of halogens is 1. The SMILES string of the molecule is Nc1ccc(N)c2c(Cl)cccc12. The third-order valence-corrected chi connectivity index (χ3v) is 2.37. The van der Waals surface area contributed by atoms with Crippen LogP contribution in [-0.4, -0.2) is 0 Å². The maximum Gasteiger partial charge on any atom is 0.0505 e. The van der Waals surface area contributed by atoms with Crippen molar-refractivity contribution < 1.29 is 0 Å². The highest BCUT2D eigenvalue weighted by Crippen LogP contribution is 2.31. The molecule has 0 aliphatic heterocycles. The predicted octanol–water partition coefficient (Wildman–Crippen LogP) is 2.66. The van der Waals surface area contributed by atoms with Crippen molar-refractivity contribution in [3.05, 3.63) is 35.4 Å². The lowest BCUT2D eigenvalue weighted by Gasteiger charge is -2.06. The third kappa shape index (κ3) is 1.19. The fraction of sp³-hybridized carbons (Fsp3) is 0. The Kier molecular flexibility index (Phi) is 1.78. The molecule has 0 atom stereocenters. The van der Waals surface area contributed by atoms with E-state index in [2.05, 4.69) is 0 Å². The Labute approximate surface area is 81.1 Å². The van der Waals surface area contributed by atoms with Gasteiger partial charge in [-0.1, -0.05) is 23.7 Å². The smallest absolute Gasteiger partial charge is 0.0505 e. The fourth-order valence-electron chi connectivity index (χ4n) is 1.41. The van der Waals surface area contributed by atoms with Crippen LogP contribution >= 0.6 is 11.6 Å². The molecule has 0 heterocycles. The van der Waals surface area contributed by atoms with E-state index in [9.17, 15) is 0 Å². The molecule has 0 saturated heterocycles. The molecule has 0 saturated carbocycles. The number of rotatable bonds is 0. The van der Waals surface area contributed by atoms with E-state index in [1.165, 1.54) is 0 Å². The first-order valence-electron chi connectivity index (χ1n) is 3.92. The van der Waals surface area contributed by atoms with Crippen LogP contribution in [0.4, 0.5) is 11.4 Å². The van der Waals surface area contributed by atoms with Crippen molar-refractivity contribution in [3.8, 4) is 0 Å². The van der Waals surface area contributed by atoms with E-state index in [0.29, 0.717) is 16.4 Å². The minimum Gasteiger partial charge on any atom is -0.398 e. The molecule has 0 amide bonds. The molecule has 66 valence electrons. The maximum absolute atomic E-state index is 6.00. The Morgan fingerprint density at radius 3 is 2.31 bits per heavy atom. The molecule has 2 rings (SSSR count). The second-order valence-electron chi connectivity index (χ2n) is 2.91. The molecule has 2 nitrogen and oxygen atoms in total. The van der Waals surface area contributed by atoms with Gasteiger partial charge in [0.2, 0.25) is 0 Å². The fourth-order valence-corrected chi connectivity index (χ4v) is 1.69. The first kappa shape index (κ1) is 8.20. The van der Waals surface area contributed by atoms with Crippen LogP contribution in [0.3, 0.4) is 0 Å². The van der Waals surface area contributed by atoms with Crippen molar-refractivity contribution in [3.63, 3.8) is 0 Å². The molecule has 0 aromatic heterocycles. The van der Waals surface area contributed by atoms with Crippen molar-refractivity contribution in [1.82, 2.24) is 0 Å². The summed E-state index contributed by atoms with van der Waals surface area (Å²) in [5.74, 6) is 0. The van der Waals surface area contributed by atoms with Crippen LogP contribution in [0.5, 0.6) is 0 Å². The Hall–Kier alpha value is -1.41. The predicted molar refractivity (Wildman–Crippen MR) is 57.8 cm³/mol. The van der Waals surface area contributed by atoms with Crippen molar-refractivity contribution in [2.45, 2.75) is 0 Å². The molecule has 0 aliphatic carbocycles. The number of hydrogen-bond acceptors (Lipinski definition) is 2. The molecule has 0 unspecified atom stereocenters. The molecule has 13 heavy (non-hydrogen) atoms. The lowest BCUT2D eigenvalue weighted by molar-refractivity contribution is 1.71. The maximum atomic E-state index is 6.00. The Morgan fingerprint density at radius 2 is 1.62 bits per heavy atom. The van der Waals surface area contributed by atoms with Gasteiger partial charge in [0.1, 0.15) is 0 Å². The quantitative estimate of drug-likeness (QED) is 0.631. The molecule has 4 N–H and O–H groups in total. The van der Waals surface area contributed by atoms with Crippen molar-refractivity contribution >= 4 is 33.7 Å². The van der Waals surface area contributed by atoms with Gasteiger partial charge in [-0.15, -0.1) is 0 Å². The number of benzene rings is 2. The van der Waals surface area contributed by atoms with Gasteiger partial charge in [0.05, 0.1) is 5.02 Å². The summed E-state index contributed by atoms with van der Waals surface area (Å²) >= 11 is 6.00. The summed E-state index contributed by atoms with van der Waals surface area (Å²) in [6.07, 6.45) is 0. The number of anilines is 2. The highest BCUT2D eigenvalue weighted by atomic mass is 35.5. The van der Waals surface area contributed by atoms with Gasteiger partial charge in [0.25, 0.3) is 0 Å². The summed E-state index contributed by atoms with van der Waals surface area (Å²) in [7, 11) is 0. The molecule has 0 radical (unpaired) electrons. The van der Waals surface area contributed by atoms with Gasteiger partial charge in [-0.25, -0.2) is 0 Å². The van der Waals surface area contributed by atoms with Crippen LogP contribution in [-0.2, 0) is 0 Å². The zero-order valence-electron chi connectivity index (χ0n) is 6.92.